The summed E-state index contributed by atoms with van der Waals surface area (Å²) in [6.07, 6.45) is 13.2. The highest BCUT2D eigenvalue weighted by atomic mass is 19.1. The maximum atomic E-state index is 12.2. The SMILES string of the molecule is C.C.C=C(C)/C(C)=C\c1cnc(NCCCC)nc1C.C=Cc1ccc(F)cc1.CCCC.CCCC. The van der Waals surface area contributed by atoms with Crippen LogP contribution >= 0.6 is 0 Å². The summed E-state index contributed by atoms with van der Waals surface area (Å²) in [7, 11) is 0. The number of allylic oxidation sites excluding steroid dienone is 2. The monoisotopic (exact) mass is 515 g/mol. The molecule has 0 radical (unpaired) electrons. The molecule has 0 aliphatic carbocycles. The molecule has 0 saturated carbocycles. The fraction of sp³-hybridized carbons (Fsp3) is 0.515. The number of anilines is 1. The second kappa shape index (κ2) is 27.8. The second-order valence-electron chi connectivity index (χ2n) is 8.38. The minimum absolute atomic E-state index is 0. The fourth-order valence-corrected chi connectivity index (χ4v) is 2.04. The first-order valence-electron chi connectivity index (χ1n) is 13.0. The zero-order valence-corrected chi connectivity index (χ0v) is 23.7. The average Bonchev–Trinajstić information content (AvgIpc) is 2.86. The van der Waals surface area contributed by atoms with Crippen molar-refractivity contribution in [3.63, 3.8) is 0 Å². The lowest BCUT2D eigenvalue weighted by atomic mass is 10.1. The van der Waals surface area contributed by atoms with Gasteiger partial charge in [-0.25, -0.2) is 14.4 Å². The molecule has 37 heavy (non-hydrogen) atoms. The molecule has 3 nitrogen and oxygen atoms in total. The quantitative estimate of drug-likeness (QED) is 0.266. The Kier molecular flexibility index (Phi) is 31.1. The first-order valence-corrected chi connectivity index (χ1v) is 13.0. The molecule has 0 spiro atoms. The summed E-state index contributed by atoms with van der Waals surface area (Å²) < 4.78 is 12.2. The van der Waals surface area contributed by atoms with Crippen LogP contribution in [-0.4, -0.2) is 16.5 Å². The van der Waals surface area contributed by atoms with Crippen LogP contribution in [-0.2, 0) is 0 Å². The van der Waals surface area contributed by atoms with E-state index >= 15 is 0 Å². The van der Waals surface area contributed by atoms with Crippen molar-refractivity contribution in [3.05, 3.63) is 77.4 Å². The van der Waals surface area contributed by atoms with Crippen LogP contribution in [0.25, 0.3) is 12.2 Å². The Morgan fingerprint density at radius 1 is 0.919 bits per heavy atom. The minimum atomic E-state index is -0.208. The van der Waals surface area contributed by atoms with Gasteiger partial charge < -0.3 is 5.32 Å². The Bertz CT molecular complexity index is 831. The van der Waals surface area contributed by atoms with E-state index in [1.54, 1.807) is 18.2 Å². The molecular formula is C33H58FN3. The van der Waals surface area contributed by atoms with E-state index in [0.717, 1.165) is 40.9 Å². The van der Waals surface area contributed by atoms with Gasteiger partial charge in [0.15, 0.2) is 0 Å². The zero-order valence-electron chi connectivity index (χ0n) is 23.7. The van der Waals surface area contributed by atoms with E-state index in [4.69, 9.17) is 0 Å². The van der Waals surface area contributed by atoms with Crippen molar-refractivity contribution in [1.29, 1.82) is 0 Å². The zero-order chi connectivity index (χ0) is 27.1. The van der Waals surface area contributed by atoms with Crippen LogP contribution in [0, 0.1) is 12.7 Å². The summed E-state index contributed by atoms with van der Waals surface area (Å²) in [5.41, 5.74) is 5.21. The van der Waals surface area contributed by atoms with Gasteiger partial charge in [0.05, 0.1) is 5.69 Å². The molecule has 2 aromatic rings. The van der Waals surface area contributed by atoms with E-state index in [0.29, 0.717) is 5.95 Å². The lowest BCUT2D eigenvalue weighted by Gasteiger charge is -2.07. The highest BCUT2D eigenvalue weighted by molar-refractivity contribution is 5.58. The average molecular weight is 516 g/mol. The van der Waals surface area contributed by atoms with Crippen LogP contribution in [0.4, 0.5) is 10.3 Å². The number of nitrogens with one attached hydrogen (secondary N) is 1. The maximum Gasteiger partial charge on any atom is 0.222 e. The summed E-state index contributed by atoms with van der Waals surface area (Å²) >= 11 is 0. The maximum absolute atomic E-state index is 12.2. The smallest absolute Gasteiger partial charge is 0.222 e. The molecule has 0 saturated heterocycles. The minimum Gasteiger partial charge on any atom is -0.354 e. The van der Waals surface area contributed by atoms with Crippen LogP contribution in [0.2, 0.25) is 0 Å². The molecule has 0 atom stereocenters. The van der Waals surface area contributed by atoms with Gasteiger partial charge in [0, 0.05) is 18.3 Å². The summed E-state index contributed by atoms with van der Waals surface area (Å²) in [6.45, 7) is 25.3. The predicted molar refractivity (Wildman–Crippen MR) is 170 cm³/mol. The number of hydrogen-bond acceptors (Lipinski definition) is 3. The van der Waals surface area contributed by atoms with Gasteiger partial charge in [-0.05, 0) is 56.5 Å². The van der Waals surface area contributed by atoms with Crippen LogP contribution < -0.4 is 5.32 Å². The van der Waals surface area contributed by atoms with E-state index in [-0.39, 0.29) is 20.7 Å². The van der Waals surface area contributed by atoms with Crippen molar-refractivity contribution in [1.82, 2.24) is 9.97 Å². The lowest BCUT2D eigenvalue weighted by Crippen LogP contribution is -2.06. The van der Waals surface area contributed by atoms with E-state index in [1.807, 2.05) is 20.0 Å². The number of unbranched alkanes of at least 4 members (excludes halogenated alkanes) is 3. The van der Waals surface area contributed by atoms with Gasteiger partial charge in [0.2, 0.25) is 5.95 Å². The van der Waals surface area contributed by atoms with Gasteiger partial charge >= 0.3 is 0 Å². The van der Waals surface area contributed by atoms with Gasteiger partial charge in [-0.15, -0.1) is 0 Å². The number of hydrogen-bond donors (Lipinski definition) is 1. The normalized spacial score (nSPS) is 9.38. The molecule has 1 aromatic heterocycles. The van der Waals surface area contributed by atoms with Gasteiger partial charge in [-0.3, -0.25) is 0 Å². The predicted octanol–water partition coefficient (Wildman–Crippen LogP) is 11.3. The molecule has 0 aliphatic rings. The summed E-state index contributed by atoms with van der Waals surface area (Å²) in [6, 6.07) is 6.19. The first-order chi connectivity index (χ1) is 16.7. The molecule has 1 N–H and O–H groups in total. The second-order valence-corrected chi connectivity index (χ2v) is 8.38. The van der Waals surface area contributed by atoms with Crippen LogP contribution in [0.15, 0.2) is 54.8 Å². The van der Waals surface area contributed by atoms with Gasteiger partial charge in [-0.1, -0.05) is 119 Å². The molecule has 0 fully saturated rings. The number of halogens is 1. The molecular weight excluding hydrogens is 457 g/mol. The third kappa shape index (κ3) is 23.4. The highest BCUT2D eigenvalue weighted by Crippen LogP contribution is 2.15. The third-order valence-electron chi connectivity index (χ3n) is 4.98. The van der Waals surface area contributed by atoms with E-state index in [1.165, 1.54) is 44.2 Å². The summed E-state index contributed by atoms with van der Waals surface area (Å²) in [5.74, 6) is 0.506. The summed E-state index contributed by atoms with van der Waals surface area (Å²) in [5, 5.41) is 3.23. The van der Waals surface area contributed by atoms with E-state index in [2.05, 4.69) is 76.1 Å². The molecule has 2 rings (SSSR count). The lowest BCUT2D eigenvalue weighted by molar-refractivity contribution is 0.628. The highest BCUT2D eigenvalue weighted by Gasteiger charge is 2.01. The van der Waals surface area contributed by atoms with Gasteiger partial charge in [0.25, 0.3) is 0 Å². The van der Waals surface area contributed by atoms with Crippen molar-refractivity contribution < 1.29 is 4.39 Å². The molecule has 0 aliphatic heterocycles. The molecule has 4 heteroatoms. The van der Waals surface area contributed by atoms with Crippen molar-refractivity contribution in [2.24, 2.45) is 0 Å². The van der Waals surface area contributed by atoms with Gasteiger partial charge in [-0.2, -0.15) is 0 Å². The molecule has 1 aromatic carbocycles. The number of aryl methyl sites for hydroxylation is 1. The molecule has 0 bridgehead atoms. The Labute approximate surface area is 230 Å². The standard InChI is InChI=1S/C15H23N3.C8H7F.2C4H10.2CH4/c1-6-7-8-16-15-17-10-14(13(5)18-15)9-12(4)11(2)3;1-2-7-3-5-8(9)6-4-7;2*1-3-4-2;;/h9-10H,2,6-8H2,1,3-5H3,(H,16,17,18);2-6H,1H2;2*3-4H2,1-2H3;2*1H4/b12-9-;;;;;. The van der Waals surface area contributed by atoms with Gasteiger partial charge in [0.1, 0.15) is 5.82 Å². The topological polar surface area (TPSA) is 37.8 Å². The first kappa shape index (κ1) is 41.4. The Balaban J connectivity index is -0.000000239. The van der Waals surface area contributed by atoms with Crippen LogP contribution in [0.1, 0.15) is 119 Å². The number of aromatic nitrogens is 2. The van der Waals surface area contributed by atoms with Crippen molar-refractivity contribution in [3.8, 4) is 0 Å². The molecule has 0 amide bonds. The Morgan fingerprint density at radius 3 is 1.81 bits per heavy atom. The van der Waals surface area contributed by atoms with Crippen molar-refractivity contribution in [2.75, 3.05) is 11.9 Å². The van der Waals surface area contributed by atoms with Crippen LogP contribution in [0.3, 0.4) is 0 Å². The third-order valence-corrected chi connectivity index (χ3v) is 4.98. The molecule has 212 valence electrons. The van der Waals surface area contributed by atoms with Crippen molar-refractivity contribution >= 4 is 18.1 Å². The number of benzene rings is 1. The van der Waals surface area contributed by atoms with E-state index < -0.39 is 0 Å². The molecule has 1 heterocycles. The molecule has 0 unspecified atom stereocenters. The van der Waals surface area contributed by atoms with Crippen molar-refractivity contribution in [2.45, 2.75) is 109 Å². The van der Waals surface area contributed by atoms with E-state index in [9.17, 15) is 4.39 Å². The Morgan fingerprint density at radius 2 is 1.43 bits per heavy atom. The number of rotatable bonds is 9. The fourth-order valence-electron chi connectivity index (χ4n) is 2.04. The summed E-state index contributed by atoms with van der Waals surface area (Å²) in [4.78, 5) is 8.79. The Hall–Kier alpha value is -2.75. The largest absolute Gasteiger partial charge is 0.354 e. The van der Waals surface area contributed by atoms with Crippen LogP contribution in [0.5, 0.6) is 0 Å². The number of nitrogens with zero attached hydrogens (tertiary/aromatic N) is 2.